The predicted molar refractivity (Wildman–Crippen MR) is 68.5 cm³/mol. The van der Waals surface area contributed by atoms with Crippen LogP contribution in [0.4, 0.5) is 5.69 Å². The van der Waals surface area contributed by atoms with Gasteiger partial charge in [0.15, 0.2) is 0 Å². The van der Waals surface area contributed by atoms with Gasteiger partial charge in [-0.15, -0.1) is 11.3 Å². The second-order valence-electron chi connectivity index (χ2n) is 3.34. The first-order chi connectivity index (χ1) is 7.66. The van der Waals surface area contributed by atoms with Gasteiger partial charge in [-0.1, -0.05) is 23.7 Å². The smallest absolute Gasteiger partial charge is 0.265 e. The molecule has 0 spiro atoms. The van der Waals surface area contributed by atoms with Gasteiger partial charge in [0.2, 0.25) is 0 Å². The van der Waals surface area contributed by atoms with Crippen molar-refractivity contribution in [2.24, 2.45) is 0 Å². The molecule has 4 heteroatoms. The number of benzene rings is 1. The largest absolute Gasteiger partial charge is 0.320 e. The van der Waals surface area contributed by atoms with Crippen LogP contribution in [0, 0.1) is 6.92 Å². The maximum Gasteiger partial charge on any atom is 0.265 e. The molecule has 0 fully saturated rings. The molecule has 0 aliphatic heterocycles. The van der Waals surface area contributed by atoms with E-state index in [0.29, 0.717) is 15.6 Å². The van der Waals surface area contributed by atoms with Crippen LogP contribution in [-0.2, 0) is 0 Å². The molecule has 0 bridgehead atoms. The molecule has 1 amide bonds. The Balaban J connectivity index is 2.17. The topological polar surface area (TPSA) is 29.1 Å². The van der Waals surface area contributed by atoms with E-state index in [-0.39, 0.29) is 5.91 Å². The Labute approximate surface area is 103 Å². The highest BCUT2D eigenvalue weighted by Gasteiger charge is 2.09. The number of halogens is 1. The third kappa shape index (κ3) is 2.43. The van der Waals surface area contributed by atoms with Crippen LogP contribution in [0.2, 0.25) is 5.02 Å². The summed E-state index contributed by atoms with van der Waals surface area (Å²) in [6, 6.07) is 10.9. The van der Waals surface area contributed by atoms with Gasteiger partial charge in [-0.2, -0.15) is 0 Å². The summed E-state index contributed by atoms with van der Waals surface area (Å²) >= 11 is 7.42. The van der Waals surface area contributed by atoms with E-state index in [0.717, 1.165) is 4.88 Å². The summed E-state index contributed by atoms with van der Waals surface area (Å²) in [5.41, 5.74) is 0.639. The van der Waals surface area contributed by atoms with Crippen molar-refractivity contribution < 1.29 is 4.79 Å². The highest BCUT2D eigenvalue weighted by Crippen LogP contribution is 2.22. The monoisotopic (exact) mass is 251 g/mol. The molecule has 0 radical (unpaired) electrons. The Morgan fingerprint density at radius 1 is 1.25 bits per heavy atom. The van der Waals surface area contributed by atoms with E-state index in [4.69, 9.17) is 11.6 Å². The Bertz CT molecular complexity index is 521. The van der Waals surface area contributed by atoms with E-state index in [1.165, 1.54) is 11.3 Å². The molecule has 0 saturated carbocycles. The fraction of sp³-hybridized carbons (Fsp3) is 0.0833. The lowest BCUT2D eigenvalue weighted by molar-refractivity contribution is 0.103. The van der Waals surface area contributed by atoms with Crippen LogP contribution in [0.1, 0.15) is 14.5 Å². The van der Waals surface area contributed by atoms with Gasteiger partial charge in [0.25, 0.3) is 5.91 Å². The van der Waals surface area contributed by atoms with Crippen molar-refractivity contribution in [1.29, 1.82) is 0 Å². The van der Waals surface area contributed by atoms with Gasteiger partial charge in [0, 0.05) is 4.88 Å². The molecule has 0 unspecified atom stereocenters. The van der Waals surface area contributed by atoms with Gasteiger partial charge in [-0.05, 0) is 31.2 Å². The number of rotatable bonds is 2. The van der Waals surface area contributed by atoms with Crippen molar-refractivity contribution in [2.75, 3.05) is 5.32 Å². The fourth-order valence-corrected chi connectivity index (χ4v) is 2.25. The molecule has 1 N–H and O–H groups in total. The molecule has 1 heterocycles. The molecule has 2 rings (SSSR count). The molecule has 0 aliphatic carbocycles. The lowest BCUT2D eigenvalue weighted by Gasteiger charge is -2.04. The second-order valence-corrected chi connectivity index (χ2v) is 5.04. The van der Waals surface area contributed by atoms with Crippen LogP contribution in [0.25, 0.3) is 0 Å². The van der Waals surface area contributed by atoms with Crippen LogP contribution in [0.5, 0.6) is 0 Å². The number of hydrogen-bond acceptors (Lipinski definition) is 2. The number of nitrogens with one attached hydrogen (secondary N) is 1. The summed E-state index contributed by atoms with van der Waals surface area (Å²) in [7, 11) is 0. The number of aryl methyl sites for hydroxylation is 1. The number of anilines is 1. The minimum atomic E-state index is -0.119. The van der Waals surface area contributed by atoms with Crippen LogP contribution >= 0.6 is 22.9 Å². The number of amides is 1. The van der Waals surface area contributed by atoms with E-state index >= 15 is 0 Å². The lowest BCUT2D eigenvalue weighted by atomic mass is 10.3. The minimum absolute atomic E-state index is 0.119. The van der Waals surface area contributed by atoms with Crippen LogP contribution in [0.3, 0.4) is 0 Å². The summed E-state index contributed by atoms with van der Waals surface area (Å²) in [4.78, 5) is 13.6. The van der Waals surface area contributed by atoms with Crippen LogP contribution in [0.15, 0.2) is 36.4 Å². The molecular formula is C12H10ClNOS. The van der Waals surface area contributed by atoms with Crippen molar-refractivity contribution in [3.8, 4) is 0 Å². The minimum Gasteiger partial charge on any atom is -0.320 e. The van der Waals surface area contributed by atoms with Gasteiger partial charge >= 0.3 is 0 Å². The van der Waals surface area contributed by atoms with E-state index in [1.54, 1.807) is 12.1 Å². The fourth-order valence-electron chi connectivity index (χ4n) is 1.30. The third-order valence-corrected chi connectivity index (χ3v) is 3.42. The van der Waals surface area contributed by atoms with Gasteiger partial charge < -0.3 is 5.32 Å². The molecule has 2 nitrogen and oxygen atoms in total. The Hall–Kier alpha value is -1.32. The molecule has 2 aromatic rings. The maximum atomic E-state index is 11.8. The normalized spacial score (nSPS) is 10.1. The van der Waals surface area contributed by atoms with Crippen molar-refractivity contribution in [3.05, 3.63) is 51.2 Å². The standard InChI is InChI=1S/C12H10ClNOS/c1-8-6-7-11(16-8)12(15)14-10-5-3-2-4-9(10)13/h2-7H,1H3,(H,14,15). The Morgan fingerprint density at radius 3 is 2.62 bits per heavy atom. The van der Waals surface area contributed by atoms with Gasteiger partial charge in [-0.3, -0.25) is 4.79 Å². The van der Waals surface area contributed by atoms with Crippen molar-refractivity contribution in [1.82, 2.24) is 0 Å². The van der Waals surface area contributed by atoms with E-state index in [9.17, 15) is 4.79 Å². The van der Waals surface area contributed by atoms with Gasteiger partial charge in [0.05, 0.1) is 15.6 Å². The van der Waals surface area contributed by atoms with Crippen molar-refractivity contribution in [2.45, 2.75) is 6.92 Å². The summed E-state index contributed by atoms with van der Waals surface area (Å²) in [5.74, 6) is -0.119. The molecular weight excluding hydrogens is 242 g/mol. The molecule has 0 saturated heterocycles. The molecule has 1 aromatic heterocycles. The van der Waals surface area contributed by atoms with E-state index in [1.807, 2.05) is 31.2 Å². The first kappa shape index (κ1) is 11.2. The molecule has 1 aromatic carbocycles. The molecule has 16 heavy (non-hydrogen) atoms. The summed E-state index contributed by atoms with van der Waals surface area (Å²) in [6.45, 7) is 1.97. The zero-order valence-electron chi connectivity index (χ0n) is 8.66. The first-order valence-electron chi connectivity index (χ1n) is 4.79. The van der Waals surface area contributed by atoms with Gasteiger partial charge in [-0.25, -0.2) is 0 Å². The molecule has 0 atom stereocenters. The number of carbonyl (C=O) groups excluding carboxylic acids is 1. The number of hydrogen-bond donors (Lipinski definition) is 1. The quantitative estimate of drug-likeness (QED) is 0.860. The SMILES string of the molecule is Cc1ccc(C(=O)Nc2ccccc2Cl)s1. The number of carbonyl (C=O) groups is 1. The van der Waals surface area contributed by atoms with Crippen LogP contribution < -0.4 is 5.32 Å². The Morgan fingerprint density at radius 2 is 2.00 bits per heavy atom. The van der Waals surface area contributed by atoms with E-state index < -0.39 is 0 Å². The average molecular weight is 252 g/mol. The summed E-state index contributed by atoms with van der Waals surface area (Å²) < 4.78 is 0. The maximum absolute atomic E-state index is 11.8. The average Bonchev–Trinajstić information content (AvgIpc) is 2.68. The van der Waals surface area contributed by atoms with Crippen LogP contribution in [-0.4, -0.2) is 5.91 Å². The third-order valence-electron chi connectivity index (χ3n) is 2.09. The van der Waals surface area contributed by atoms with Gasteiger partial charge in [0.1, 0.15) is 0 Å². The molecule has 82 valence electrons. The van der Waals surface area contributed by atoms with Crippen molar-refractivity contribution in [3.63, 3.8) is 0 Å². The lowest BCUT2D eigenvalue weighted by Crippen LogP contribution is -2.10. The Kier molecular flexibility index (Phi) is 3.27. The second kappa shape index (κ2) is 4.68. The first-order valence-corrected chi connectivity index (χ1v) is 5.98. The molecule has 0 aliphatic rings. The van der Waals surface area contributed by atoms with Crippen molar-refractivity contribution >= 4 is 34.5 Å². The zero-order chi connectivity index (χ0) is 11.5. The summed E-state index contributed by atoms with van der Waals surface area (Å²) in [5, 5.41) is 3.32. The zero-order valence-corrected chi connectivity index (χ0v) is 10.2. The predicted octanol–water partition coefficient (Wildman–Crippen LogP) is 3.96. The number of thiophene rings is 1. The number of para-hydroxylation sites is 1. The summed E-state index contributed by atoms with van der Waals surface area (Å²) in [6.07, 6.45) is 0. The highest BCUT2D eigenvalue weighted by molar-refractivity contribution is 7.14. The highest BCUT2D eigenvalue weighted by atomic mass is 35.5. The van der Waals surface area contributed by atoms with E-state index in [2.05, 4.69) is 5.32 Å².